The molecule has 17 heavy (non-hydrogen) atoms. The molecule has 0 radical (unpaired) electrons. The first kappa shape index (κ1) is 10.5. The molecule has 0 unspecified atom stereocenters. The van der Waals surface area contributed by atoms with Gasteiger partial charge in [0.05, 0.1) is 23.7 Å². The van der Waals surface area contributed by atoms with E-state index in [1.807, 2.05) is 0 Å². The Morgan fingerprint density at radius 1 is 1.29 bits per heavy atom. The van der Waals surface area contributed by atoms with Crippen LogP contribution < -0.4 is 0 Å². The summed E-state index contributed by atoms with van der Waals surface area (Å²) >= 11 is 0. The van der Waals surface area contributed by atoms with E-state index in [9.17, 15) is 9.50 Å². The highest BCUT2D eigenvalue weighted by atomic mass is 19.1. The van der Waals surface area contributed by atoms with Crippen molar-refractivity contribution in [2.75, 3.05) is 0 Å². The van der Waals surface area contributed by atoms with Gasteiger partial charge in [0.2, 0.25) is 0 Å². The van der Waals surface area contributed by atoms with Gasteiger partial charge in [-0.05, 0) is 43.5 Å². The summed E-state index contributed by atoms with van der Waals surface area (Å²) in [5, 5.41) is 14.1. The lowest BCUT2D eigenvalue weighted by Crippen LogP contribution is -2.11. The van der Waals surface area contributed by atoms with Crippen LogP contribution in [-0.2, 0) is 6.42 Å². The van der Waals surface area contributed by atoms with Crippen LogP contribution in [0.15, 0.2) is 30.5 Å². The van der Waals surface area contributed by atoms with Gasteiger partial charge in [0.1, 0.15) is 5.82 Å². The number of halogens is 1. The van der Waals surface area contributed by atoms with Gasteiger partial charge in [-0.15, -0.1) is 0 Å². The summed E-state index contributed by atoms with van der Waals surface area (Å²) in [4.78, 5) is 0. The number of aliphatic hydroxyl groups excluding tert-OH is 1. The van der Waals surface area contributed by atoms with Crippen molar-refractivity contribution < 1.29 is 9.50 Å². The Morgan fingerprint density at radius 2 is 2.06 bits per heavy atom. The zero-order valence-electron chi connectivity index (χ0n) is 9.31. The van der Waals surface area contributed by atoms with E-state index in [2.05, 4.69) is 5.10 Å². The van der Waals surface area contributed by atoms with Crippen LogP contribution in [0.2, 0.25) is 0 Å². The van der Waals surface area contributed by atoms with Crippen LogP contribution in [0.4, 0.5) is 4.39 Å². The van der Waals surface area contributed by atoms with Gasteiger partial charge in [0, 0.05) is 5.56 Å². The van der Waals surface area contributed by atoms with E-state index >= 15 is 0 Å². The highest BCUT2D eigenvalue weighted by molar-refractivity contribution is 5.36. The Morgan fingerprint density at radius 3 is 2.82 bits per heavy atom. The normalized spacial score (nSPS) is 19.1. The van der Waals surface area contributed by atoms with Gasteiger partial charge >= 0.3 is 0 Å². The maximum absolute atomic E-state index is 12.9. The Kier molecular flexibility index (Phi) is 2.44. The van der Waals surface area contributed by atoms with Crippen LogP contribution in [0.1, 0.15) is 30.2 Å². The number of aliphatic hydroxyl groups is 1. The Balaban J connectivity index is 2.07. The molecule has 1 N–H and O–H groups in total. The van der Waals surface area contributed by atoms with Crippen LogP contribution in [0.5, 0.6) is 0 Å². The van der Waals surface area contributed by atoms with E-state index in [1.54, 1.807) is 23.0 Å². The molecule has 3 nitrogen and oxygen atoms in total. The lowest BCUT2D eigenvalue weighted by atomic mass is 9.95. The molecule has 3 rings (SSSR count). The lowest BCUT2D eigenvalue weighted by Gasteiger charge is -2.18. The fourth-order valence-electron chi connectivity index (χ4n) is 2.34. The number of rotatable bonds is 1. The van der Waals surface area contributed by atoms with Crippen molar-refractivity contribution in [3.8, 4) is 5.69 Å². The standard InChI is InChI=1S/C13H13FN2O/c14-9-4-6-10(7-5-9)16-12-2-1-3-13(17)11(12)8-15-16/h4-8,13,17H,1-3H2/t13-/m1/s1. The third-order valence-electron chi connectivity index (χ3n) is 3.22. The molecule has 0 bridgehead atoms. The van der Waals surface area contributed by atoms with Crippen LogP contribution in [0.25, 0.3) is 5.69 Å². The number of hydrogen-bond acceptors (Lipinski definition) is 2. The van der Waals surface area contributed by atoms with Crippen molar-refractivity contribution in [3.63, 3.8) is 0 Å². The molecule has 0 aliphatic heterocycles. The predicted molar refractivity (Wildman–Crippen MR) is 61.4 cm³/mol. The second-order valence-electron chi connectivity index (χ2n) is 4.34. The minimum absolute atomic E-state index is 0.255. The van der Waals surface area contributed by atoms with Crippen LogP contribution in [0.3, 0.4) is 0 Å². The van der Waals surface area contributed by atoms with Gasteiger partial charge in [-0.25, -0.2) is 9.07 Å². The van der Waals surface area contributed by atoms with Gasteiger partial charge in [-0.1, -0.05) is 0 Å². The Labute approximate surface area is 98.5 Å². The molecular weight excluding hydrogens is 219 g/mol. The second kappa shape index (κ2) is 3.96. The molecule has 1 atom stereocenters. The molecule has 1 aromatic heterocycles. The molecule has 0 saturated carbocycles. The van der Waals surface area contributed by atoms with E-state index in [1.165, 1.54) is 12.1 Å². The zero-order valence-corrected chi connectivity index (χ0v) is 9.31. The lowest BCUT2D eigenvalue weighted by molar-refractivity contribution is 0.156. The molecule has 0 amide bonds. The van der Waals surface area contributed by atoms with E-state index in [0.29, 0.717) is 0 Å². The maximum atomic E-state index is 12.9. The van der Waals surface area contributed by atoms with Crippen molar-refractivity contribution in [2.45, 2.75) is 25.4 Å². The molecule has 0 fully saturated rings. The van der Waals surface area contributed by atoms with E-state index < -0.39 is 6.10 Å². The molecule has 1 aliphatic rings. The summed E-state index contributed by atoms with van der Waals surface area (Å²) in [6.45, 7) is 0. The fraction of sp³-hybridized carbons (Fsp3) is 0.308. The number of aromatic nitrogens is 2. The van der Waals surface area contributed by atoms with Gasteiger partial charge in [0.15, 0.2) is 0 Å². The number of benzene rings is 1. The quantitative estimate of drug-likeness (QED) is 0.819. The van der Waals surface area contributed by atoms with Crippen molar-refractivity contribution in [1.29, 1.82) is 0 Å². The number of fused-ring (bicyclic) bond motifs is 1. The summed E-state index contributed by atoms with van der Waals surface area (Å²) in [6.07, 6.45) is 3.96. The van der Waals surface area contributed by atoms with E-state index in [4.69, 9.17) is 0 Å². The first-order valence-electron chi connectivity index (χ1n) is 5.76. The van der Waals surface area contributed by atoms with Crippen LogP contribution >= 0.6 is 0 Å². The summed E-state index contributed by atoms with van der Waals surface area (Å²) in [6, 6.07) is 6.23. The minimum atomic E-state index is -0.409. The maximum Gasteiger partial charge on any atom is 0.123 e. The van der Waals surface area contributed by atoms with Crippen molar-refractivity contribution in [1.82, 2.24) is 9.78 Å². The molecule has 2 aromatic rings. The van der Waals surface area contributed by atoms with Gasteiger partial charge in [0.25, 0.3) is 0 Å². The Bertz CT molecular complexity index is 533. The fourth-order valence-corrected chi connectivity index (χ4v) is 2.34. The van der Waals surface area contributed by atoms with Crippen molar-refractivity contribution in [3.05, 3.63) is 47.5 Å². The van der Waals surface area contributed by atoms with E-state index in [-0.39, 0.29) is 5.82 Å². The zero-order chi connectivity index (χ0) is 11.8. The molecule has 4 heteroatoms. The minimum Gasteiger partial charge on any atom is -0.388 e. The van der Waals surface area contributed by atoms with Crippen molar-refractivity contribution >= 4 is 0 Å². The average molecular weight is 232 g/mol. The van der Waals surface area contributed by atoms with Crippen molar-refractivity contribution in [2.24, 2.45) is 0 Å². The summed E-state index contributed by atoms with van der Waals surface area (Å²) in [5.74, 6) is -0.255. The van der Waals surface area contributed by atoms with Gasteiger partial charge in [-0.3, -0.25) is 0 Å². The highest BCUT2D eigenvalue weighted by Gasteiger charge is 2.22. The molecule has 88 valence electrons. The van der Waals surface area contributed by atoms with Gasteiger partial charge < -0.3 is 5.11 Å². The molecular formula is C13H13FN2O. The highest BCUT2D eigenvalue weighted by Crippen LogP contribution is 2.30. The molecule has 0 saturated heterocycles. The number of hydrogen-bond donors (Lipinski definition) is 1. The van der Waals surface area contributed by atoms with E-state index in [0.717, 1.165) is 36.2 Å². The largest absolute Gasteiger partial charge is 0.388 e. The first-order valence-corrected chi connectivity index (χ1v) is 5.76. The molecule has 1 aliphatic carbocycles. The summed E-state index contributed by atoms with van der Waals surface area (Å²) < 4.78 is 14.6. The smallest absolute Gasteiger partial charge is 0.123 e. The third kappa shape index (κ3) is 1.74. The molecule has 1 heterocycles. The second-order valence-corrected chi connectivity index (χ2v) is 4.34. The topological polar surface area (TPSA) is 38.1 Å². The SMILES string of the molecule is O[C@@H]1CCCc2c1cnn2-c1ccc(F)cc1. The monoisotopic (exact) mass is 232 g/mol. The van der Waals surface area contributed by atoms with Crippen LogP contribution in [0, 0.1) is 5.82 Å². The molecule has 1 aromatic carbocycles. The van der Waals surface area contributed by atoms with Gasteiger partial charge in [-0.2, -0.15) is 5.10 Å². The molecule has 0 spiro atoms. The Hall–Kier alpha value is -1.68. The predicted octanol–water partition coefficient (Wildman–Crippen LogP) is 2.38. The summed E-state index contributed by atoms with van der Waals surface area (Å²) in [7, 11) is 0. The summed E-state index contributed by atoms with van der Waals surface area (Å²) in [5.41, 5.74) is 2.78. The van der Waals surface area contributed by atoms with Crippen LogP contribution in [-0.4, -0.2) is 14.9 Å². The number of nitrogens with zero attached hydrogens (tertiary/aromatic N) is 2. The third-order valence-corrected chi connectivity index (χ3v) is 3.22. The first-order chi connectivity index (χ1) is 8.25. The average Bonchev–Trinajstić information content (AvgIpc) is 2.75.